The molecule has 1 unspecified atom stereocenters. The summed E-state index contributed by atoms with van der Waals surface area (Å²) in [5.41, 5.74) is -0.571. The Morgan fingerprint density at radius 1 is 1.24 bits per heavy atom. The molecule has 1 N–H and O–H groups in total. The summed E-state index contributed by atoms with van der Waals surface area (Å²) in [5, 5.41) is 3.35. The minimum atomic E-state index is -0.571. The molecule has 0 bridgehead atoms. The van der Waals surface area contributed by atoms with Crippen LogP contribution in [-0.2, 0) is 9.53 Å². The number of esters is 1. The fourth-order valence-corrected chi connectivity index (χ4v) is 2.80. The van der Waals surface area contributed by atoms with Gasteiger partial charge in [-0.3, -0.25) is 10.1 Å². The van der Waals surface area contributed by atoms with Gasteiger partial charge in [0.1, 0.15) is 5.54 Å². The summed E-state index contributed by atoms with van der Waals surface area (Å²) in [4.78, 5) is 14.5. The van der Waals surface area contributed by atoms with E-state index in [-0.39, 0.29) is 12.0 Å². The fourth-order valence-electron chi connectivity index (χ4n) is 2.80. The van der Waals surface area contributed by atoms with E-state index in [0.29, 0.717) is 5.92 Å². The summed E-state index contributed by atoms with van der Waals surface area (Å²) in [6.07, 6.45) is 2.96. The van der Waals surface area contributed by atoms with Gasteiger partial charge in [0.2, 0.25) is 0 Å². The van der Waals surface area contributed by atoms with Gasteiger partial charge in [-0.15, -0.1) is 0 Å². The highest BCUT2D eigenvalue weighted by Crippen LogP contribution is 2.17. The van der Waals surface area contributed by atoms with Crippen molar-refractivity contribution in [1.29, 1.82) is 0 Å². The van der Waals surface area contributed by atoms with E-state index in [4.69, 9.17) is 4.74 Å². The third-order valence-electron chi connectivity index (χ3n) is 3.71. The van der Waals surface area contributed by atoms with Crippen molar-refractivity contribution >= 4 is 5.97 Å². The van der Waals surface area contributed by atoms with Crippen molar-refractivity contribution in [2.75, 3.05) is 26.7 Å². The second-order valence-corrected chi connectivity index (χ2v) is 6.87. The van der Waals surface area contributed by atoms with Crippen molar-refractivity contribution in [3.8, 4) is 0 Å². The van der Waals surface area contributed by atoms with Gasteiger partial charge in [-0.05, 0) is 59.0 Å². The smallest absolute Gasteiger partial charge is 0.325 e. The lowest BCUT2D eigenvalue weighted by Crippen LogP contribution is -2.53. The third-order valence-corrected chi connectivity index (χ3v) is 3.71. The Morgan fingerprint density at radius 3 is 2.29 bits per heavy atom. The van der Waals surface area contributed by atoms with E-state index in [1.54, 1.807) is 0 Å². The Bertz CT molecular complexity index is 293. The van der Waals surface area contributed by atoms with Crippen molar-refractivity contribution in [2.45, 2.75) is 72.4 Å². The lowest BCUT2D eigenvalue weighted by atomic mass is 9.93. The highest BCUT2D eigenvalue weighted by atomic mass is 16.5. The number of carbonyl (C=O) groups is 1. The van der Waals surface area contributed by atoms with Crippen LogP contribution in [0.5, 0.6) is 0 Å². The predicted octanol–water partition coefficient (Wildman–Crippen LogP) is 3.06. The molecule has 0 fully saturated rings. The number of carbonyl (C=O) groups excluding carboxylic acids is 1. The maximum absolute atomic E-state index is 12.0. The second kappa shape index (κ2) is 10.2. The molecule has 0 aliphatic rings. The molecular formula is C17H36N2O2. The lowest BCUT2D eigenvalue weighted by molar-refractivity contribution is -0.148. The zero-order valence-corrected chi connectivity index (χ0v) is 15.2. The molecule has 0 aromatic heterocycles. The summed E-state index contributed by atoms with van der Waals surface area (Å²) < 4.78 is 4.96. The number of hydrogen-bond donors (Lipinski definition) is 1. The normalized spacial score (nSPS) is 14.8. The molecule has 0 aliphatic carbocycles. The topological polar surface area (TPSA) is 41.6 Å². The third kappa shape index (κ3) is 8.42. The SMILES string of the molecule is CCN(CCCCC(C)(NC(C)C)C(=O)OC)CC(C)C. The number of nitrogens with zero attached hydrogens (tertiary/aromatic N) is 1. The molecule has 0 heterocycles. The van der Waals surface area contributed by atoms with E-state index >= 15 is 0 Å². The number of rotatable bonds is 11. The van der Waals surface area contributed by atoms with Crippen LogP contribution in [0, 0.1) is 5.92 Å². The first-order valence-electron chi connectivity index (χ1n) is 8.33. The van der Waals surface area contributed by atoms with Crippen LogP contribution in [0.1, 0.15) is 60.8 Å². The van der Waals surface area contributed by atoms with Crippen molar-refractivity contribution in [3.63, 3.8) is 0 Å². The Hall–Kier alpha value is -0.610. The number of nitrogens with one attached hydrogen (secondary N) is 1. The minimum Gasteiger partial charge on any atom is -0.468 e. The van der Waals surface area contributed by atoms with Gasteiger partial charge >= 0.3 is 5.97 Å². The zero-order chi connectivity index (χ0) is 16.5. The van der Waals surface area contributed by atoms with Gasteiger partial charge in [0.25, 0.3) is 0 Å². The van der Waals surface area contributed by atoms with E-state index in [9.17, 15) is 4.79 Å². The molecule has 0 amide bonds. The molecule has 0 saturated carbocycles. The molecule has 0 aromatic carbocycles. The zero-order valence-electron chi connectivity index (χ0n) is 15.2. The average molecular weight is 300 g/mol. The Kier molecular flexibility index (Phi) is 9.88. The van der Waals surface area contributed by atoms with Crippen molar-refractivity contribution < 1.29 is 9.53 Å². The van der Waals surface area contributed by atoms with Crippen LogP contribution in [0.2, 0.25) is 0 Å². The molecule has 4 nitrogen and oxygen atoms in total. The molecule has 0 saturated heterocycles. The molecule has 0 aliphatic heterocycles. The molecule has 0 aromatic rings. The van der Waals surface area contributed by atoms with Gasteiger partial charge in [0.15, 0.2) is 0 Å². The maximum atomic E-state index is 12.0. The van der Waals surface area contributed by atoms with Gasteiger partial charge in [-0.1, -0.05) is 20.8 Å². The van der Waals surface area contributed by atoms with Crippen LogP contribution in [0.3, 0.4) is 0 Å². The van der Waals surface area contributed by atoms with Crippen molar-refractivity contribution in [3.05, 3.63) is 0 Å². The summed E-state index contributed by atoms with van der Waals surface area (Å²) in [7, 11) is 1.46. The molecule has 4 heteroatoms. The van der Waals surface area contributed by atoms with Crippen LogP contribution in [0.4, 0.5) is 0 Å². The number of methoxy groups -OCH3 is 1. The summed E-state index contributed by atoms with van der Waals surface area (Å²) in [5.74, 6) is 0.540. The monoisotopic (exact) mass is 300 g/mol. The van der Waals surface area contributed by atoms with Crippen LogP contribution in [0.25, 0.3) is 0 Å². The highest BCUT2D eigenvalue weighted by Gasteiger charge is 2.33. The predicted molar refractivity (Wildman–Crippen MR) is 89.5 cm³/mol. The fraction of sp³-hybridized carbons (Fsp3) is 0.941. The summed E-state index contributed by atoms with van der Waals surface area (Å²) in [6.45, 7) is 16.1. The second-order valence-electron chi connectivity index (χ2n) is 6.87. The molecule has 0 rings (SSSR count). The van der Waals surface area contributed by atoms with Gasteiger partial charge in [-0.25, -0.2) is 0 Å². The molecule has 1 atom stereocenters. The standard InChI is InChI=1S/C17H36N2O2/c1-8-19(13-14(2)3)12-10-9-11-17(6,16(20)21-7)18-15(4)5/h14-15,18H,8-13H2,1-7H3. The van der Waals surface area contributed by atoms with Gasteiger partial charge in [-0.2, -0.15) is 0 Å². The molecule has 0 radical (unpaired) electrons. The first-order chi connectivity index (χ1) is 9.75. The number of ether oxygens (including phenoxy) is 1. The molecule has 0 spiro atoms. The lowest BCUT2D eigenvalue weighted by Gasteiger charge is -2.30. The molecule has 21 heavy (non-hydrogen) atoms. The number of hydrogen-bond acceptors (Lipinski definition) is 4. The van der Waals surface area contributed by atoms with E-state index in [1.165, 1.54) is 7.11 Å². The largest absolute Gasteiger partial charge is 0.468 e. The van der Waals surface area contributed by atoms with Crippen LogP contribution in [-0.4, -0.2) is 49.2 Å². The van der Waals surface area contributed by atoms with E-state index < -0.39 is 5.54 Å². The summed E-state index contributed by atoms with van der Waals surface area (Å²) >= 11 is 0. The molecular weight excluding hydrogens is 264 g/mol. The van der Waals surface area contributed by atoms with Crippen LogP contribution >= 0.6 is 0 Å². The maximum Gasteiger partial charge on any atom is 0.325 e. The van der Waals surface area contributed by atoms with Gasteiger partial charge < -0.3 is 9.64 Å². The quantitative estimate of drug-likeness (QED) is 0.470. The first kappa shape index (κ1) is 20.4. The Morgan fingerprint density at radius 2 is 1.86 bits per heavy atom. The highest BCUT2D eigenvalue weighted by molar-refractivity contribution is 5.80. The van der Waals surface area contributed by atoms with Gasteiger partial charge in [0.05, 0.1) is 7.11 Å². The van der Waals surface area contributed by atoms with E-state index in [1.807, 2.05) is 6.92 Å². The first-order valence-corrected chi connectivity index (χ1v) is 8.33. The summed E-state index contributed by atoms with van der Waals surface area (Å²) in [6, 6.07) is 0.266. The number of unbranched alkanes of at least 4 members (excludes halogenated alkanes) is 1. The van der Waals surface area contributed by atoms with Gasteiger partial charge in [0, 0.05) is 12.6 Å². The van der Waals surface area contributed by atoms with Crippen molar-refractivity contribution in [2.24, 2.45) is 5.92 Å². The molecule has 126 valence electrons. The minimum absolute atomic E-state index is 0.161. The average Bonchev–Trinajstić information content (AvgIpc) is 2.39. The Balaban J connectivity index is 4.28. The van der Waals surface area contributed by atoms with Crippen LogP contribution in [0.15, 0.2) is 0 Å². The Labute approximate surface area is 131 Å². The van der Waals surface area contributed by atoms with Crippen molar-refractivity contribution in [1.82, 2.24) is 10.2 Å². The van der Waals surface area contributed by atoms with E-state index in [2.05, 4.69) is 44.8 Å². The van der Waals surface area contributed by atoms with E-state index in [0.717, 1.165) is 38.9 Å². The van der Waals surface area contributed by atoms with Crippen LogP contribution < -0.4 is 5.32 Å².